The molecule has 2 heterocycles. The average molecular weight is 344 g/mol. The Kier molecular flexibility index (Phi) is 6.19. The third kappa shape index (κ3) is 5.27. The minimum atomic E-state index is -3.19. The van der Waals surface area contributed by atoms with Crippen molar-refractivity contribution in [1.82, 2.24) is 19.4 Å². The number of aryl methyl sites for hydroxylation is 1. The molecule has 23 heavy (non-hydrogen) atoms. The van der Waals surface area contributed by atoms with Crippen LogP contribution in [0, 0.1) is 12.8 Å². The first kappa shape index (κ1) is 18.4. The van der Waals surface area contributed by atoms with Crippen molar-refractivity contribution in [2.24, 2.45) is 5.92 Å². The van der Waals surface area contributed by atoms with Gasteiger partial charge in [-0.05, 0) is 19.3 Å². The number of aromatic nitrogens is 2. The first-order valence-corrected chi connectivity index (χ1v) is 10.0. The maximum atomic E-state index is 11.6. The molecule has 0 unspecified atom stereocenters. The van der Waals surface area contributed by atoms with Crippen LogP contribution in [-0.2, 0) is 23.1 Å². The quantitative estimate of drug-likeness (QED) is 0.710. The molecule has 2 N–H and O–H groups in total. The van der Waals surface area contributed by atoms with Crippen LogP contribution in [0.1, 0.15) is 31.0 Å². The summed E-state index contributed by atoms with van der Waals surface area (Å²) in [4.78, 5) is 2.29. The molecule has 1 aromatic heterocycles. The molecule has 8 heteroatoms. The number of aliphatic hydroxyl groups is 1. The third-order valence-electron chi connectivity index (χ3n) is 4.31. The Morgan fingerprint density at radius 1 is 1.43 bits per heavy atom. The largest absolute Gasteiger partial charge is 0.394 e. The van der Waals surface area contributed by atoms with Gasteiger partial charge in [0.2, 0.25) is 10.0 Å². The van der Waals surface area contributed by atoms with E-state index in [-0.39, 0.29) is 12.6 Å². The predicted molar refractivity (Wildman–Crippen MR) is 89.5 cm³/mol. The van der Waals surface area contributed by atoms with Crippen molar-refractivity contribution in [2.45, 2.75) is 45.8 Å². The number of nitrogens with zero attached hydrogens (tertiary/aromatic N) is 3. The summed E-state index contributed by atoms with van der Waals surface area (Å²) in [6, 6.07) is -0.0160. The number of hydrogen-bond acceptors (Lipinski definition) is 5. The molecule has 0 bridgehead atoms. The molecular weight excluding hydrogens is 316 g/mol. The Balaban J connectivity index is 2.03. The summed E-state index contributed by atoms with van der Waals surface area (Å²) in [5, 5.41) is 13.4. The Morgan fingerprint density at radius 3 is 2.78 bits per heavy atom. The van der Waals surface area contributed by atoms with Crippen LogP contribution < -0.4 is 4.72 Å². The van der Waals surface area contributed by atoms with Gasteiger partial charge in [-0.3, -0.25) is 9.58 Å². The Labute approximate surface area is 138 Å². The zero-order valence-electron chi connectivity index (χ0n) is 14.2. The minimum Gasteiger partial charge on any atom is -0.394 e. The molecule has 7 nitrogen and oxygen atoms in total. The standard InChI is InChI=1S/C15H28N4O3S/c1-4-5-13-8-18(11-15(13)17-23(3,21)22)9-14-10-19(6-7-20)16-12(14)2/h10,13,15,17,20H,4-9,11H2,1-3H3/t13-,15-/m0/s1. The van der Waals surface area contributed by atoms with Crippen molar-refractivity contribution in [3.05, 3.63) is 17.5 Å². The molecule has 0 spiro atoms. The minimum absolute atomic E-state index is 0.0160. The first-order valence-electron chi connectivity index (χ1n) is 8.15. The van der Waals surface area contributed by atoms with Crippen LogP contribution in [0.2, 0.25) is 0 Å². The van der Waals surface area contributed by atoms with Crippen LogP contribution in [-0.4, -0.2) is 60.2 Å². The van der Waals surface area contributed by atoms with E-state index in [9.17, 15) is 8.42 Å². The smallest absolute Gasteiger partial charge is 0.209 e. The van der Waals surface area contributed by atoms with Gasteiger partial charge in [0.1, 0.15) is 0 Å². The average Bonchev–Trinajstić information content (AvgIpc) is 2.94. The second-order valence-electron chi connectivity index (χ2n) is 6.47. The number of hydrogen-bond donors (Lipinski definition) is 2. The zero-order valence-corrected chi connectivity index (χ0v) is 15.0. The Bertz CT molecular complexity index is 614. The molecule has 0 radical (unpaired) electrons. The maximum Gasteiger partial charge on any atom is 0.209 e. The van der Waals surface area contributed by atoms with Gasteiger partial charge >= 0.3 is 0 Å². The molecule has 1 saturated heterocycles. The van der Waals surface area contributed by atoms with E-state index in [2.05, 4.69) is 21.6 Å². The molecule has 1 aliphatic rings. The zero-order chi connectivity index (χ0) is 17.0. The van der Waals surface area contributed by atoms with Gasteiger partial charge in [0, 0.05) is 37.4 Å². The SMILES string of the molecule is CCC[C@H]1CN(Cc2cn(CCO)nc2C)C[C@@H]1NS(C)(=O)=O. The normalized spacial score (nSPS) is 22.8. The number of aliphatic hydroxyl groups excluding tert-OH is 1. The fourth-order valence-corrected chi connectivity index (χ4v) is 4.15. The summed E-state index contributed by atoms with van der Waals surface area (Å²) in [7, 11) is -3.19. The molecule has 0 aromatic carbocycles. The lowest BCUT2D eigenvalue weighted by atomic mass is 9.99. The molecule has 0 aliphatic carbocycles. The van der Waals surface area contributed by atoms with E-state index in [1.807, 2.05) is 13.1 Å². The van der Waals surface area contributed by atoms with Crippen LogP contribution in [0.3, 0.4) is 0 Å². The molecule has 1 fully saturated rings. The number of sulfonamides is 1. The van der Waals surface area contributed by atoms with E-state index >= 15 is 0 Å². The van der Waals surface area contributed by atoms with Crippen LogP contribution in [0.5, 0.6) is 0 Å². The summed E-state index contributed by atoms with van der Waals surface area (Å²) in [6.07, 6.45) is 5.26. The van der Waals surface area contributed by atoms with E-state index in [4.69, 9.17) is 5.11 Å². The lowest BCUT2D eigenvalue weighted by Crippen LogP contribution is -2.39. The highest BCUT2D eigenvalue weighted by Gasteiger charge is 2.34. The number of rotatable bonds is 8. The maximum absolute atomic E-state index is 11.6. The molecular formula is C15H28N4O3S. The molecule has 0 saturated carbocycles. The van der Waals surface area contributed by atoms with Gasteiger partial charge in [0.15, 0.2) is 0 Å². The molecule has 1 aliphatic heterocycles. The second-order valence-corrected chi connectivity index (χ2v) is 8.25. The van der Waals surface area contributed by atoms with Crippen molar-refractivity contribution in [3.8, 4) is 0 Å². The topological polar surface area (TPSA) is 87.5 Å². The van der Waals surface area contributed by atoms with Crippen molar-refractivity contribution >= 4 is 10.0 Å². The number of nitrogens with one attached hydrogen (secondary N) is 1. The summed E-state index contributed by atoms with van der Waals surface area (Å²) in [5.74, 6) is 0.350. The van der Waals surface area contributed by atoms with Crippen LogP contribution in [0.15, 0.2) is 6.20 Å². The van der Waals surface area contributed by atoms with Crippen LogP contribution >= 0.6 is 0 Å². The Morgan fingerprint density at radius 2 is 2.17 bits per heavy atom. The fourth-order valence-electron chi connectivity index (χ4n) is 3.33. The molecule has 2 rings (SSSR count). The van der Waals surface area contributed by atoms with Crippen LogP contribution in [0.25, 0.3) is 0 Å². The number of likely N-dealkylation sites (tertiary alicyclic amines) is 1. The van der Waals surface area contributed by atoms with Crippen LogP contribution in [0.4, 0.5) is 0 Å². The predicted octanol–water partition coefficient (Wildman–Crippen LogP) is 0.334. The highest BCUT2D eigenvalue weighted by Crippen LogP contribution is 2.24. The highest BCUT2D eigenvalue weighted by molar-refractivity contribution is 7.88. The highest BCUT2D eigenvalue weighted by atomic mass is 32.2. The van der Waals surface area contributed by atoms with E-state index in [1.54, 1.807) is 4.68 Å². The molecule has 0 amide bonds. The van der Waals surface area contributed by atoms with Gasteiger partial charge in [-0.2, -0.15) is 5.10 Å². The van der Waals surface area contributed by atoms with Crippen molar-refractivity contribution < 1.29 is 13.5 Å². The van der Waals surface area contributed by atoms with Gasteiger partial charge in [0.25, 0.3) is 0 Å². The summed E-state index contributed by atoms with van der Waals surface area (Å²) in [6.45, 7) is 7.05. The van der Waals surface area contributed by atoms with Gasteiger partial charge in [-0.1, -0.05) is 13.3 Å². The molecule has 132 valence electrons. The van der Waals surface area contributed by atoms with E-state index in [0.29, 0.717) is 12.5 Å². The van der Waals surface area contributed by atoms with Crippen molar-refractivity contribution in [3.63, 3.8) is 0 Å². The summed E-state index contributed by atoms with van der Waals surface area (Å²) >= 11 is 0. The molecule has 2 atom stereocenters. The summed E-state index contributed by atoms with van der Waals surface area (Å²) < 4.78 is 27.7. The second kappa shape index (κ2) is 7.74. The Hall–Kier alpha value is -0.960. The van der Waals surface area contributed by atoms with Crippen molar-refractivity contribution in [2.75, 3.05) is 26.0 Å². The van der Waals surface area contributed by atoms with Gasteiger partial charge in [-0.15, -0.1) is 0 Å². The van der Waals surface area contributed by atoms with Crippen molar-refractivity contribution in [1.29, 1.82) is 0 Å². The fraction of sp³-hybridized carbons (Fsp3) is 0.800. The third-order valence-corrected chi connectivity index (χ3v) is 5.04. The van der Waals surface area contributed by atoms with E-state index in [1.165, 1.54) is 6.26 Å². The van der Waals surface area contributed by atoms with Gasteiger partial charge in [0.05, 0.1) is 25.1 Å². The first-order chi connectivity index (χ1) is 10.8. The summed E-state index contributed by atoms with van der Waals surface area (Å²) in [5.41, 5.74) is 2.10. The lowest BCUT2D eigenvalue weighted by molar-refractivity contribution is 0.269. The lowest BCUT2D eigenvalue weighted by Gasteiger charge is -2.17. The molecule has 1 aromatic rings. The van der Waals surface area contributed by atoms with E-state index in [0.717, 1.165) is 43.7 Å². The monoisotopic (exact) mass is 344 g/mol. The van der Waals surface area contributed by atoms with Gasteiger partial charge in [-0.25, -0.2) is 13.1 Å². The van der Waals surface area contributed by atoms with E-state index < -0.39 is 10.0 Å². The van der Waals surface area contributed by atoms with Gasteiger partial charge < -0.3 is 5.11 Å².